The van der Waals surface area contributed by atoms with Crippen LogP contribution in [0.25, 0.3) is 11.0 Å². The molecule has 0 aliphatic carbocycles. The summed E-state index contributed by atoms with van der Waals surface area (Å²) >= 11 is 0. The van der Waals surface area contributed by atoms with Gasteiger partial charge in [-0.25, -0.2) is 13.2 Å². The van der Waals surface area contributed by atoms with Gasteiger partial charge in [-0.2, -0.15) is 4.72 Å². The molecular weight excluding hydrogens is 394 g/mol. The number of esters is 1. The maximum absolute atomic E-state index is 12.2. The quantitative estimate of drug-likeness (QED) is 0.491. The Morgan fingerprint density at radius 3 is 2.38 bits per heavy atom. The van der Waals surface area contributed by atoms with Crippen molar-refractivity contribution in [3.63, 3.8) is 0 Å². The first kappa shape index (κ1) is 20.8. The molecule has 0 aliphatic heterocycles. The second-order valence-corrected chi connectivity index (χ2v) is 8.59. The number of hydrogen-bond donors (Lipinski definition) is 1. The van der Waals surface area contributed by atoms with Gasteiger partial charge in [-0.3, -0.25) is 4.79 Å². The molecule has 1 heterocycles. The van der Waals surface area contributed by atoms with Crippen LogP contribution in [0.3, 0.4) is 0 Å². The van der Waals surface area contributed by atoms with Crippen LogP contribution >= 0.6 is 0 Å². The predicted molar refractivity (Wildman–Crippen MR) is 108 cm³/mol. The Hall–Kier alpha value is -2.97. The van der Waals surface area contributed by atoms with Gasteiger partial charge in [0.15, 0.2) is 0 Å². The molecular formula is C21H21NO6S. The van der Waals surface area contributed by atoms with Crippen molar-refractivity contribution in [3.8, 4) is 0 Å². The fraction of sp³-hybridized carbons (Fsp3) is 0.238. The van der Waals surface area contributed by atoms with Crippen LogP contribution < -0.4 is 10.3 Å². The average molecular weight is 415 g/mol. The van der Waals surface area contributed by atoms with Gasteiger partial charge in [0.05, 0.1) is 4.90 Å². The zero-order valence-electron chi connectivity index (χ0n) is 16.3. The van der Waals surface area contributed by atoms with Crippen molar-refractivity contribution in [2.45, 2.75) is 32.3 Å². The number of aryl methyl sites for hydroxylation is 3. The summed E-state index contributed by atoms with van der Waals surface area (Å²) in [5.74, 6) is -0.758. The van der Waals surface area contributed by atoms with E-state index in [1.165, 1.54) is 18.2 Å². The van der Waals surface area contributed by atoms with Crippen LogP contribution in [-0.4, -0.2) is 20.9 Å². The second-order valence-electron chi connectivity index (χ2n) is 6.82. The molecule has 1 aromatic heterocycles. The van der Waals surface area contributed by atoms with E-state index in [1.54, 1.807) is 18.2 Å². The Morgan fingerprint density at radius 1 is 1.03 bits per heavy atom. The summed E-state index contributed by atoms with van der Waals surface area (Å²) in [7, 11) is -3.82. The average Bonchev–Trinajstić information content (AvgIpc) is 2.66. The summed E-state index contributed by atoms with van der Waals surface area (Å²) in [4.78, 5) is 23.9. The Balaban J connectivity index is 1.69. The minimum absolute atomic E-state index is 0.0633. The SMILES string of the molecule is Cc1ccc(S(=O)(=O)NCC(=O)OCc2cc(=O)oc3cc(C)c(C)cc23)cc1. The number of rotatable bonds is 6. The standard InChI is InChI=1S/C21H21NO6S/c1-13-4-6-17(7-5-13)29(25,26)22-11-21(24)27-12-16-10-20(23)28-19-9-15(3)14(2)8-18(16)19/h4-10,22H,11-12H2,1-3H3. The van der Waals surface area contributed by atoms with Gasteiger partial charge in [0.1, 0.15) is 18.7 Å². The topological polar surface area (TPSA) is 103 Å². The van der Waals surface area contributed by atoms with Crippen LogP contribution in [0.2, 0.25) is 0 Å². The van der Waals surface area contributed by atoms with E-state index in [9.17, 15) is 18.0 Å². The maximum atomic E-state index is 12.2. The highest BCUT2D eigenvalue weighted by molar-refractivity contribution is 7.89. The molecule has 0 saturated heterocycles. The number of carbonyl (C=O) groups is 1. The van der Waals surface area contributed by atoms with E-state index in [-0.39, 0.29) is 11.5 Å². The lowest BCUT2D eigenvalue weighted by molar-refractivity contribution is -0.143. The molecule has 0 unspecified atom stereocenters. The van der Waals surface area contributed by atoms with E-state index in [1.807, 2.05) is 26.8 Å². The number of hydrogen-bond acceptors (Lipinski definition) is 6. The van der Waals surface area contributed by atoms with Gasteiger partial charge in [-0.1, -0.05) is 17.7 Å². The van der Waals surface area contributed by atoms with Crippen molar-refractivity contribution in [2.75, 3.05) is 6.54 Å². The summed E-state index contributed by atoms with van der Waals surface area (Å²) in [6.07, 6.45) is 0. The van der Waals surface area contributed by atoms with Crippen LogP contribution in [0.4, 0.5) is 0 Å². The van der Waals surface area contributed by atoms with Gasteiger partial charge in [0.2, 0.25) is 10.0 Å². The lowest BCUT2D eigenvalue weighted by Crippen LogP contribution is -2.30. The van der Waals surface area contributed by atoms with Crippen molar-refractivity contribution in [1.29, 1.82) is 0 Å². The molecule has 7 nitrogen and oxygen atoms in total. The number of carbonyl (C=O) groups excluding carboxylic acids is 1. The van der Waals surface area contributed by atoms with Gasteiger partial charge >= 0.3 is 11.6 Å². The highest BCUT2D eigenvalue weighted by atomic mass is 32.2. The van der Waals surface area contributed by atoms with Crippen LogP contribution in [0, 0.1) is 20.8 Å². The molecule has 29 heavy (non-hydrogen) atoms. The minimum Gasteiger partial charge on any atom is -0.460 e. The Kier molecular flexibility index (Phi) is 5.86. The second kappa shape index (κ2) is 8.18. The molecule has 0 bridgehead atoms. The molecule has 3 aromatic rings. The van der Waals surface area contributed by atoms with Gasteiger partial charge in [0, 0.05) is 17.0 Å². The van der Waals surface area contributed by atoms with Crippen molar-refractivity contribution in [2.24, 2.45) is 0 Å². The summed E-state index contributed by atoms with van der Waals surface area (Å²) in [5.41, 5.74) is 3.26. The van der Waals surface area contributed by atoms with Gasteiger partial charge in [-0.15, -0.1) is 0 Å². The first-order valence-electron chi connectivity index (χ1n) is 8.91. The molecule has 0 spiro atoms. The minimum atomic E-state index is -3.82. The third kappa shape index (κ3) is 4.90. The zero-order valence-corrected chi connectivity index (χ0v) is 17.1. The molecule has 8 heteroatoms. The van der Waals surface area contributed by atoms with Crippen LogP contribution in [0.1, 0.15) is 22.3 Å². The molecule has 152 valence electrons. The largest absolute Gasteiger partial charge is 0.460 e. The molecule has 2 aromatic carbocycles. The molecule has 0 radical (unpaired) electrons. The fourth-order valence-corrected chi connectivity index (χ4v) is 3.74. The Labute approximate surface area is 168 Å². The summed E-state index contributed by atoms with van der Waals surface area (Å²) < 4.78 is 37.1. The fourth-order valence-electron chi connectivity index (χ4n) is 2.77. The molecule has 0 amide bonds. The van der Waals surface area contributed by atoms with Crippen molar-refractivity contribution in [1.82, 2.24) is 4.72 Å². The third-order valence-electron chi connectivity index (χ3n) is 4.57. The van der Waals surface area contributed by atoms with E-state index in [0.29, 0.717) is 16.5 Å². The molecule has 3 rings (SSSR count). The van der Waals surface area contributed by atoms with E-state index in [0.717, 1.165) is 16.7 Å². The Morgan fingerprint density at radius 2 is 1.69 bits per heavy atom. The lowest BCUT2D eigenvalue weighted by Gasteiger charge is -2.10. The third-order valence-corrected chi connectivity index (χ3v) is 5.99. The number of benzene rings is 2. The van der Waals surface area contributed by atoms with Crippen molar-refractivity contribution < 1.29 is 22.4 Å². The number of nitrogens with one attached hydrogen (secondary N) is 1. The van der Waals surface area contributed by atoms with Gasteiger partial charge in [-0.05, 0) is 56.2 Å². The molecule has 0 aliphatic rings. The summed E-state index contributed by atoms with van der Waals surface area (Å²) in [6.45, 7) is 4.98. The van der Waals surface area contributed by atoms with E-state index in [2.05, 4.69) is 4.72 Å². The predicted octanol–water partition coefficient (Wildman–Crippen LogP) is 2.74. The molecule has 0 atom stereocenters. The molecule has 0 saturated carbocycles. The highest BCUT2D eigenvalue weighted by Crippen LogP contribution is 2.22. The lowest BCUT2D eigenvalue weighted by atomic mass is 10.0. The van der Waals surface area contributed by atoms with E-state index >= 15 is 0 Å². The number of ether oxygens (including phenoxy) is 1. The summed E-state index contributed by atoms with van der Waals surface area (Å²) in [6, 6.07) is 11.1. The van der Waals surface area contributed by atoms with Crippen molar-refractivity contribution in [3.05, 3.63) is 75.1 Å². The smallest absolute Gasteiger partial charge is 0.336 e. The summed E-state index contributed by atoms with van der Waals surface area (Å²) in [5, 5.41) is 0.667. The van der Waals surface area contributed by atoms with E-state index in [4.69, 9.17) is 9.15 Å². The monoisotopic (exact) mass is 415 g/mol. The maximum Gasteiger partial charge on any atom is 0.336 e. The first-order valence-corrected chi connectivity index (χ1v) is 10.4. The number of fused-ring (bicyclic) bond motifs is 1. The van der Waals surface area contributed by atoms with Crippen molar-refractivity contribution >= 4 is 27.0 Å². The molecule has 1 N–H and O–H groups in total. The van der Waals surface area contributed by atoms with Crippen LogP contribution in [0.5, 0.6) is 0 Å². The number of sulfonamides is 1. The molecule has 0 fully saturated rings. The first-order chi connectivity index (χ1) is 13.7. The Bertz CT molecular complexity index is 1230. The van der Waals surface area contributed by atoms with Gasteiger partial charge in [0.25, 0.3) is 0 Å². The zero-order chi connectivity index (χ0) is 21.2. The van der Waals surface area contributed by atoms with E-state index < -0.39 is 28.2 Å². The highest BCUT2D eigenvalue weighted by Gasteiger charge is 2.16. The normalized spacial score (nSPS) is 11.6. The van der Waals surface area contributed by atoms with Gasteiger partial charge < -0.3 is 9.15 Å². The van der Waals surface area contributed by atoms with Crippen LogP contribution in [0.15, 0.2) is 56.6 Å². The van der Waals surface area contributed by atoms with Crippen LogP contribution in [-0.2, 0) is 26.2 Å².